The molecule has 10 heteroatoms. The summed E-state index contributed by atoms with van der Waals surface area (Å²) in [6, 6.07) is 5.61. The van der Waals surface area contributed by atoms with Gasteiger partial charge in [-0.25, -0.2) is 18.4 Å². The summed E-state index contributed by atoms with van der Waals surface area (Å²) >= 11 is 0. The summed E-state index contributed by atoms with van der Waals surface area (Å²) in [5.74, 6) is 0.0210. The third kappa shape index (κ3) is 3.55. The van der Waals surface area contributed by atoms with Crippen molar-refractivity contribution in [1.29, 1.82) is 0 Å². The molecule has 2 aliphatic rings. The lowest BCUT2D eigenvalue weighted by Crippen LogP contribution is -2.28. The highest BCUT2D eigenvalue weighted by Gasteiger charge is 2.30. The van der Waals surface area contributed by atoms with E-state index in [2.05, 4.69) is 19.6 Å². The molecule has 2 saturated heterocycles. The van der Waals surface area contributed by atoms with Crippen LogP contribution in [0.5, 0.6) is 0 Å². The number of amides is 2. The minimum atomic E-state index is -3.84. The lowest BCUT2D eigenvalue weighted by Gasteiger charge is -2.16. The standard InChI is InChI=1S/C18H19N5O4S/c24-16-7-8-17(25)23(16)14-3-5-15(6-4-14)28(26,27)21-13-11-19-18(20-12-13)22-9-1-2-10-22/h3-6,11-12,21H,1-2,7-10H2. The van der Waals surface area contributed by atoms with E-state index in [1.807, 2.05) is 0 Å². The lowest BCUT2D eigenvalue weighted by atomic mass is 10.3. The molecule has 1 N–H and O–H groups in total. The fourth-order valence-electron chi connectivity index (χ4n) is 3.31. The second kappa shape index (κ2) is 7.19. The maximum absolute atomic E-state index is 12.6. The van der Waals surface area contributed by atoms with Gasteiger partial charge < -0.3 is 4.90 Å². The Morgan fingerprint density at radius 3 is 2.04 bits per heavy atom. The summed E-state index contributed by atoms with van der Waals surface area (Å²) in [6.07, 6.45) is 5.43. The third-order valence-corrected chi connectivity index (χ3v) is 6.13. The van der Waals surface area contributed by atoms with Crippen molar-refractivity contribution < 1.29 is 18.0 Å². The van der Waals surface area contributed by atoms with Crippen LogP contribution in [-0.4, -0.2) is 43.3 Å². The first-order chi connectivity index (χ1) is 13.4. The van der Waals surface area contributed by atoms with Gasteiger partial charge >= 0.3 is 0 Å². The molecule has 0 atom stereocenters. The SMILES string of the molecule is O=C1CCC(=O)N1c1ccc(S(=O)(=O)Nc2cnc(N3CCCC3)nc2)cc1. The smallest absolute Gasteiger partial charge is 0.261 e. The molecule has 4 rings (SSSR count). The number of carbonyl (C=O) groups is 2. The molecule has 0 radical (unpaired) electrons. The van der Waals surface area contributed by atoms with E-state index in [9.17, 15) is 18.0 Å². The van der Waals surface area contributed by atoms with Gasteiger partial charge in [0.2, 0.25) is 17.8 Å². The van der Waals surface area contributed by atoms with Crippen LogP contribution in [0.1, 0.15) is 25.7 Å². The van der Waals surface area contributed by atoms with Crippen LogP contribution < -0.4 is 14.5 Å². The van der Waals surface area contributed by atoms with Crippen molar-refractivity contribution >= 4 is 39.2 Å². The second-order valence-corrected chi connectivity index (χ2v) is 8.37. The zero-order valence-corrected chi connectivity index (χ0v) is 15.9. The Morgan fingerprint density at radius 1 is 0.893 bits per heavy atom. The monoisotopic (exact) mass is 401 g/mol. The molecule has 0 bridgehead atoms. The minimum Gasteiger partial charge on any atom is -0.341 e. The Balaban J connectivity index is 1.48. The molecule has 2 aliphatic heterocycles. The van der Waals surface area contributed by atoms with E-state index in [0.717, 1.165) is 30.8 Å². The Morgan fingerprint density at radius 2 is 1.46 bits per heavy atom. The van der Waals surface area contributed by atoms with Crippen LogP contribution in [0.15, 0.2) is 41.6 Å². The Kier molecular flexibility index (Phi) is 4.71. The zero-order valence-electron chi connectivity index (χ0n) is 15.0. The Bertz CT molecular complexity index is 983. The van der Waals surface area contributed by atoms with Crippen LogP contribution in [0, 0.1) is 0 Å². The van der Waals surface area contributed by atoms with E-state index in [1.165, 1.54) is 36.7 Å². The highest BCUT2D eigenvalue weighted by atomic mass is 32.2. The summed E-state index contributed by atoms with van der Waals surface area (Å²) in [7, 11) is -3.84. The molecule has 1 aromatic heterocycles. The van der Waals surface area contributed by atoms with E-state index in [0.29, 0.717) is 11.6 Å². The number of nitrogens with one attached hydrogen (secondary N) is 1. The number of aromatic nitrogens is 2. The molecule has 0 saturated carbocycles. The number of benzene rings is 1. The van der Waals surface area contributed by atoms with Crippen LogP contribution in [0.25, 0.3) is 0 Å². The molecule has 9 nitrogen and oxygen atoms in total. The van der Waals surface area contributed by atoms with Gasteiger partial charge in [0.05, 0.1) is 28.7 Å². The summed E-state index contributed by atoms with van der Waals surface area (Å²) in [4.78, 5) is 35.2. The maximum atomic E-state index is 12.6. The van der Waals surface area contributed by atoms with Crippen LogP contribution in [0.2, 0.25) is 0 Å². The van der Waals surface area contributed by atoms with Gasteiger partial charge in [-0.05, 0) is 37.1 Å². The summed E-state index contributed by atoms with van der Waals surface area (Å²) in [5.41, 5.74) is 0.627. The molecule has 3 heterocycles. The second-order valence-electron chi connectivity index (χ2n) is 6.69. The molecule has 146 valence electrons. The van der Waals surface area contributed by atoms with Crippen molar-refractivity contribution in [2.75, 3.05) is 27.6 Å². The molecular weight excluding hydrogens is 382 g/mol. The van der Waals surface area contributed by atoms with Gasteiger partial charge in [-0.2, -0.15) is 0 Å². The van der Waals surface area contributed by atoms with Crippen molar-refractivity contribution in [3.63, 3.8) is 0 Å². The predicted octanol–water partition coefficient (Wildman–Crippen LogP) is 1.53. The number of nitrogens with zero attached hydrogens (tertiary/aromatic N) is 4. The van der Waals surface area contributed by atoms with Crippen molar-refractivity contribution in [3.05, 3.63) is 36.7 Å². The van der Waals surface area contributed by atoms with Gasteiger partial charge in [0.1, 0.15) is 0 Å². The van der Waals surface area contributed by atoms with Crippen molar-refractivity contribution in [2.45, 2.75) is 30.6 Å². The number of hydrogen-bond acceptors (Lipinski definition) is 7. The number of sulfonamides is 1. The molecule has 2 fully saturated rings. The van der Waals surface area contributed by atoms with Gasteiger partial charge in [0, 0.05) is 25.9 Å². The Labute approximate surface area is 162 Å². The topological polar surface area (TPSA) is 113 Å². The van der Waals surface area contributed by atoms with Crippen LogP contribution in [0.3, 0.4) is 0 Å². The lowest BCUT2D eigenvalue weighted by molar-refractivity contribution is -0.121. The fourth-order valence-corrected chi connectivity index (χ4v) is 4.34. The Hall–Kier alpha value is -3.01. The minimum absolute atomic E-state index is 0.0129. The molecular formula is C18H19N5O4S. The van der Waals surface area contributed by atoms with Crippen LogP contribution >= 0.6 is 0 Å². The van der Waals surface area contributed by atoms with E-state index in [4.69, 9.17) is 0 Å². The number of imide groups is 1. The number of carbonyl (C=O) groups excluding carboxylic acids is 2. The predicted molar refractivity (Wildman–Crippen MR) is 102 cm³/mol. The average Bonchev–Trinajstić information content (AvgIpc) is 3.32. The molecule has 2 amide bonds. The van der Waals surface area contributed by atoms with Gasteiger partial charge in [0.25, 0.3) is 10.0 Å². The van der Waals surface area contributed by atoms with Crippen molar-refractivity contribution in [2.24, 2.45) is 0 Å². The summed E-state index contributed by atoms with van der Waals surface area (Å²) in [6.45, 7) is 1.80. The molecule has 0 spiro atoms. The first-order valence-electron chi connectivity index (χ1n) is 9.00. The van der Waals surface area contributed by atoms with E-state index in [-0.39, 0.29) is 35.2 Å². The van der Waals surface area contributed by atoms with Gasteiger partial charge in [-0.15, -0.1) is 0 Å². The largest absolute Gasteiger partial charge is 0.341 e. The fraction of sp³-hybridized carbons (Fsp3) is 0.333. The van der Waals surface area contributed by atoms with Crippen molar-refractivity contribution in [3.8, 4) is 0 Å². The van der Waals surface area contributed by atoms with Crippen LogP contribution in [0.4, 0.5) is 17.3 Å². The molecule has 0 aliphatic carbocycles. The average molecular weight is 401 g/mol. The summed E-state index contributed by atoms with van der Waals surface area (Å²) in [5, 5.41) is 0. The molecule has 1 aromatic carbocycles. The highest BCUT2D eigenvalue weighted by Crippen LogP contribution is 2.25. The van der Waals surface area contributed by atoms with Gasteiger partial charge in [-0.3, -0.25) is 19.2 Å². The number of rotatable bonds is 5. The zero-order chi connectivity index (χ0) is 19.7. The molecule has 28 heavy (non-hydrogen) atoms. The molecule has 2 aromatic rings. The number of hydrogen-bond donors (Lipinski definition) is 1. The first-order valence-corrected chi connectivity index (χ1v) is 10.5. The highest BCUT2D eigenvalue weighted by molar-refractivity contribution is 7.92. The maximum Gasteiger partial charge on any atom is 0.261 e. The number of anilines is 3. The quantitative estimate of drug-likeness (QED) is 0.756. The first kappa shape index (κ1) is 18.4. The van der Waals surface area contributed by atoms with E-state index in [1.54, 1.807) is 0 Å². The van der Waals surface area contributed by atoms with Gasteiger partial charge in [0.15, 0.2) is 0 Å². The van der Waals surface area contributed by atoms with Crippen molar-refractivity contribution in [1.82, 2.24) is 9.97 Å². The van der Waals surface area contributed by atoms with E-state index >= 15 is 0 Å². The third-order valence-electron chi connectivity index (χ3n) is 4.74. The van der Waals surface area contributed by atoms with E-state index < -0.39 is 10.0 Å². The van der Waals surface area contributed by atoms with Gasteiger partial charge in [-0.1, -0.05) is 0 Å². The summed E-state index contributed by atoms with van der Waals surface area (Å²) < 4.78 is 27.6. The molecule has 0 unspecified atom stereocenters. The van der Waals surface area contributed by atoms with Crippen LogP contribution in [-0.2, 0) is 19.6 Å². The normalized spacial score (nSPS) is 17.4.